The normalized spacial score (nSPS) is 10.1. The van der Waals surface area contributed by atoms with Crippen molar-refractivity contribution in [2.24, 2.45) is 0 Å². The van der Waals surface area contributed by atoms with Gasteiger partial charge in [-0.05, 0) is 23.6 Å². The fourth-order valence-corrected chi connectivity index (χ4v) is 1.07. The van der Waals surface area contributed by atoms with Crippen LogP contribution in [0.4, 0.5) is 0 Å². The van der Waals surface area contributed by atoms with E-state index < -0.39 is 0 Å². The SMILES string of the molecule is C=C/C(=C\CC)c1cccnc1.CC. The minimum atomic E-state index is 1.02. The number of allylic oxidation sites excluding steroid dienone is 3. The Labute approximate surface area is 87.2 Å². The molecule has 0 aliphatic carbocycles. The first-order chi connectivity index (χ1) is 6.88. The van der Waals surface area contributed by atoms with E-state index >= 15 is 0 Å². The Morgan fingerprint density at radius 3 is 2.64 bits per heavy atom. The number of pyridine rings is 1. The van der Waals surface area contributed by atoms with Gasteiger partial charge in [-0.1, -0.05) is 45.6 Å². The van der Waals surface area contributed by atoms with Gasteiger partial charge >= 0.3 is 0 Å². The zero-order chi connectivity index (χ0) is 10.8. The van der Waals surface area contributed by atoms with Crippen LogP contribution in [0, 0.1) is 0 Å². The summed E-state index contributed by atoms with van der Waals surface area (Å²) in [4.78, 5) is 4.05. The summed E-state index contributed by atoms with van der Waals surface area (Å²) in [6.45, 7) is 9.87. The topological polar surface area (TPSA) is 12.9 Å². The van der Waals surface area contributed by atoms with Crippen LogP contribution in [0.1, 0.15) is 32.8 Å². The third-order valence-corrected chi connectivity index (χ3v) is 1.64. The molecule has 1 aromatic heterocycles. The van der Waals surface area contributed by atoms with Crippen LogP contribution in [-0.2, 0) is 0 Å². The molecular formula is C13H19N. The Kier molecular flexibility index (Phi) is 7.43. The quantitative estimate of drug-likeness (QED) is 0.653. The van der Waals surface area contributed by atoms with Crippen molar-refractivity contribution in [1.82, 2.24) is 4.98 Å². The molecule has 0 aromatic carbocycles. The molecular weight excluding hydrogens is 170 g/mol. The van der Waals surface area contributed by atoms with Gasteiger partial charge in [0.2, 0.25) is 0 Å². The van der Waals surface area contributed by atoms with E-state index in [0.717, 1.165) is 17.6 Å². The number of aromatic nitrogens is 1. The lowest BCUT2D eigenvalue weighted by Crippen LogP contribution is -1.81. The predicted molar refractivity (Wildman–Crippen MR) is 64.1 cm³/mol. The molecule has 0 radical (unpaired) electrons. The molecule has 0 aliphatic heterocycles. The van der Waals surface area contributed by atoms with Crippen molar-refractivity contribution in [3.63, 3.8) is 0 Å². The highest BCUT2D eigenvalue weighted by Gasteiger charge is 1.93. The fourth-order valence-electron chi connectivity index (χ4n) is 1.07. The standard InChI is InChI=1S/C11H13N.C2H6/c1-3-6-10(4-2)11-7-5-8-12-9-11;1-2/h4-9H,2-3H2,1H3;1-2H3/b10-6+;. The Morgan fingerprint density at radius 1 is 1.50 bits per heavy atom. The smallest absolute Gasteiger partial charge is 0.0346 e. The summed E-state index contributed by atoms with van der Waals surface area (Å²) in [5.74, 6) is 0. The van der Waals surface area contributed by atoms with E-state index in [0.29, 0.717) is 0 Å². The summed E-state index contributed by atoms with van der Waals surface area (Å²) in [6, 6.07) is 3.97. The lowest BCUT2D eigenvalue weighted by atomic mass is 10.1. The molecule has 0 saturated carbocycles. The molecule has 1 aromatic rings. The maximum Gasteiger partial charge on any atom is 0.0346 e. The van der Waals surface area contributed by atoms with E-state index in [1.807, 2.05) is 38.3 Å². The summed E-state index contributed by atoms with van der Waals surface area (Å²) in [6.07, 6.45) is 8.65. The van der Waals surface area contributed by atoms with Crippen LogP contribution in [0.5, 0.6) is 0 Å². The van der Waals surface area contributed by atoms with Crippen molar-refractivity contribution in [3.05, 3.63) is 48.8 Å². The van der Waals surface area contributed by atoms with Gasteiger partial charge in [-0.25, -0.2) is 0 Å². The Bertz CT molecular complexity index is 273. The van der Waals surface area contributed by atoms with Crippen LogP contribution >= 0.6 is 0 Å². The van der Waals surface area contributed by atoms with Gasteiger partial charge in [-0.15, -0.1) is 0 Å². The van der Waals surface area contributed by atoms with Crippen molar-refractivity contribution in [3.8, 4) is 0 Å². The summed E-state index contributed by atoms with van der Waals surface area (Å²) < 4.78 is 0. The Morgan fingerprint density at radius 2 is 2.21 bits per heavy atom. The van der Waals surface area contributed by atoms with E-state index in [2.05, 4.69) is 24.6 Å². The van der Waals surface area contributed by atoms with Crippen LogP contribution in [0.25, 0.3) is 5.57 Å². The second-order valence-corrected chi connectivity index (χ2v) is 2.51. The van der Waals surface area contributed by atoms with Crippen LogP contribution in [0.2, 0.25) is 0 Å². The molecule has 0 spiro atoms. The van der Waals surface area contributed by atoms with Crippen molar-refractivity contribution in [1.29, 1.82) is 0 Å². The number of rotatable bonds is 3. The summed E-state index contributed by atoms with van der Waals surface area (Å²) in [5.41, 5.74) is 2.29. The van der Waals surface area contributed by atoms with Crippen molar-refractivity contribution < 1.29 is 0 Å². The molecule has 0 amide bonds. The lowest BCUT2D eigenvalue weighted by molar-refractivity contribution is 1.22. The maximum absolute atomic E-state index is 4.05. The van der Waals surface area contributed by atoms with Crippen molar-refractivity contribution >= 4 is 5.57 Å². The highest BCUT2D eigenvalue weighted by atomic mass is 14.6. The zero-order valence-electron chi connectivity index (χ0n) is 9.33. The monoisotopic (exact) mass is 189 g/mol. The zero-order valence-corrected chi connectivity index (χ0v) is 9.33. The molecule has 0 atom stereocenters. The summed E-state index contributed by atoms with van der Waals surface area (Å²) >= 11 is 0. The van der Waals surface area contributed by atoms with E-state index in [1.54, 1.807) is 6.20 Å². The van der Waals surface area contributed by atoms with Crippen LogP contribution in [-0.4, -0.2) is 4.98 Å². The molecule has 0 aliphatic rings. The highest BCUT2D eigenvalue weighted by Crippen LogP contribution is 2.13. The van der Waals surface area contributed by atoms with Crippen molar-refractivity contribution in [2.75, 3.05) is 0 Å². The molecule has 1 rings (SSSR count). The average molecular weight is 189 g/mol. The molecule has 0 N–H and O–H groups in total. The molecule has 1 heteroatoms. The van der Waals surface area contributed by atoms with E-state index in [4.69, 9.17) is 0 Å². The Hall–Kier alpha value is -1.37. The predicted octanol–water partition coefficient (Wildman–Crippen LogP) is 4.09. The number of hydrogen-bond donors (Lipinski definition) is 0. The van der Waals surface area contributed by atoms with Crippen LogP contribution < -0.4 is 0 Å². The van der Waals surface area contributed by atoms with Gasteiger partial charge in [-0.2, -0.15) is 0 Å². The first kappa shape index (κ1) is 12.6. The molecule has 76 valence electrons. The molecule has 0 fully saturated rings. The second-order valence-electron chi connectivity index (χ2n) is 2.51. The van der Waals surface area contributed by atoms with Gasteiger partial charge in [0, 0.05) is 12.4 Å². The number of hydrogen-bond acceptors (Lipinski definition) is 1. The maximum atomic E-state index is 4.05. The fraction of sp³-hybridized carbons (Fsp3) is 0.308. The second kappa shape index (κ2) is 8.24. The summed E-state index contributed by atoms with van der Waals surface area (Å²) in [7, 11) is 0. The molecule has 14 heavy (non-hydrogen) atoms. The third-order valence-electron chi connectivity index (χ3n) is 1.64. The van der Waals surface area contributed by atoms with Crippen molar-refractivity contribution in [2.45, 2.75) is 27.2 Å². The first-order valence-electron chi connectivity index (χ1n) is 5.11. The lowest BCUT2D eigenvalue weighted by Gasteiger charge is -1.99. The van der Waals surface area contributed by atoms with Crippen LogP contribution in [0.3, 0.4) is 0 Å². The molecule has 1 nitrogen and oxygen atoms in total. The van der Waals surface area contributed by atoms with Gasteiger partial charge < -0.3 is 0 Å². The summed E-state index contributed by atoms with van der Waals surface area (Å²) in [5, 5.41) is 0. The van der Waals surface area contributed by atoms with Gasteiger partial charge in [0.1, 0.15) is 0 Å². The first-order valence-corrected chi connectivity index (χ1v) is 5.11. The average Bonchev–Trinajstić information content (AvgIpc) is 2.30. The minimum absolute atomic E-state index is 1.02. The minimum Gasteiger partial charge on any atom is -0.264 e. The third kappa shape index (κ3) is 4.04. The van der Waals surface area contributed by atoms with Gasteiger partial charge in [0.15, 0.2) is 0 Å². The molecule has 0 saturated heterocycles. The van der Waals surface area contributed by atoms with Crippen LogP contribution in [0.15, 0.2) is 43.3 Å². The van der Waals surface area contributed by atoms with E-state index in [-0.39, 0.29) is 0 Å². The van der Waals surface area contributed by atoms with E-state index in [1.165, 1.54) is 0 Å². The number of nitrogens with zero attached hydrogens (tertiary/aromatic N) is 1. The Balaban J connectivity index is 0.000000791. The van der Waals surface area contributed by atoms with Gasteiger partial charge in [-0.3, -0.25) is 4.98 Å². The van der Waals surface area contributed by atoms with E-state index in [9.17, 15) is 0 Å². The van der Waals surface area contributed by atoms with Gasteiger partial charge in [0.25, 0.3) is 0 Å². The molecule has 1 heterocycles. The molecule has 0 unspecified atom stereocenters. The largest absolute Gasteiger partial charge is 0.264 e. The highest BCUT2D eigenvalue weighted by molar-refractivity contribution is 5.72. The van der Waals surface area contributed by atoms with Gasteiger partial charge in [0.05, 0.1) is 0 Å². The molecule has 0 bridgehead atoms.